The molecule has 0 heterocycles. The summed E-state index contributed by atoms with van der Waals surface area (Å²) in [7, 11) is 1.69. The Morgan fingerprint density at radius 2 is 1.60 bits per heavy atom. The molecule has 20 heavy (non-hydrogen) atoms. The molecule has 0 radical (unpaired) electrons. The summed E-state index contributed by atoms with van der Waals surface area (Å²) < 4.78 is 5.34. The highest BCUT2D eigenvalue weighted by atomic mass is 16.5. The van der Waals surface area contributed by atoms with Crippen molar-refractivity contribution in [3.8, 4) is 5.75 Å². The SMILES string of the molecule is COc1ccccc1NCc1ccc(C(C)(C)C)cc1. The van der Waals surface area contributed by atoms with E-state index in [0.29, 0.717) is 0 Å². The molecule has 2 rings (SSSR count). The molecule has 106 valence electrons. The van der Waals surface area contributed by atoms with E-state index >= 15 is 0 Å². The van der Waals surface area contributed by atoms with E-state index in [-0.39, 0.29) is 5.41 Å². The van der Waals surface area contributed by atoms with E-state index in [2.05, 4.69) is 50.4 Å². The Morgan fingerprint density at radius 3 is 2.20 bits per heavy atom. The van der Waals surface area contributed by atoms with Gasteiger partial charge in [-0.05, 0) is 28.7 Å². The molecule has 0 saturated heterocycles. The summed E-state index contributed by atoms with van der Waals surface area (Å²) in [6, 6.07) is 16.8. The van der Waals surface area contributed by atoms with Gasteiger partial charge in [0.25, 0.3) is 0 Å². The number of rotatable bonds is 4. The van der Waals surface area contributed by atoms with Gasteiger partial charge in [0.2, 0.25) is 0 Å². The average molecular weight is 269 g/mol. The molecule has 0 aromatic heterocycles. The van der Waals surface area contributed by atoms with E-state index < -0.39 is 0 Å². The first-order valence-corrected chi connectivity index (χ1v) is 6.97. The minimum Gasteiger partial charge on any atom is -0.495 e. The van der Waals surface area contributed by atoms with Crippen LogP contribution >= 0.6 is 0 Å². The van der Waals surface area contributed by atoms with Gasteiger partial charge in [0.1, 0.15) is 5.75 Å². The van der Waals surface area contributed by atoms with Crippen LogP contribution in [0, 0.1) is 0 Å². The number of benzene rings is 2. The van der Waals surface area contributed by atoms with E-state index in [1.807, 2.05) is 24.3 Å². The summed E-state index contributed by atoms with van der Waals surface area (Å²) in [4.78, 5) is 0. The molecular formula is C18H23NO. The van der Waals surface area contributed by atoms with Gasteiger partial charge in [0.05, 0.1) is 12.8 Å². The normalized spacial score (nSPS) is 11.2. The third-order valence-electron chi connectivity index (χ3n) is 3.41. The first-order chi connectivity index (χ1) is 9.50. The number of anilines is 1. The zero-order valence-corrected chi connectivity index (χ0v) is 12.7. The van der Waals surface area contributed by atoms with Crippen LogP contribution in [0.4, 0.5) is 5.69 Å². The highest BCUT2D eigenvalue weighted by molar-refractivity contribution is 5.56. The lowest BCUT2D eigenvalue weighted by Gasteiger charge is -2.19. The predicted octanol–water partition coefficient (Wildman–Crippen LogP) is 4.60. The Kier molecular flexibility index (Phi) is 4.33. The van der Waals surface area contributed by atoms with Gasteiger partial charge in [-0.3, -0.25) is 0 Å². The third-order valence-corrected chi connectivity index (χ3v) is 3.41. The fourth-order valence-corrected chi connectivity index (χ4v) is 2.11. The number of hydrogen-bond donors (Lipinski definition) is 1. The Hall–Kier alpha value is -1.96. The van der Waals surface area contributed by atoms with E-state index in [0.717, 1.165) is 18.0 Å². The van der Waals surface area contributed by atoms with Gasteiger partial charge in [-0.15, -0.1) is 0 Å². The Labute approximate surface area is 121 Å². The van der Waals surface area contributed by atoms with E-state index in [1.54, 1.807) is 7.11 Å². The molecule has 0 fully saturated rings. The second kappa shape index (κ2) is 6.00. The second-order valence-corrected chi connectivity index (χ2v) is 6.00. The van der Waals surface area contributed by atoms with Crippen molar-refractivity contribution in [1.29, 1.82) is 0 Å². The lowest BCUT2D eigenvalue weighted by molar-refractivity contribution is 0.416. The molecule has 0 amide bonds. The van der Waals surface area contributed by atoms with Gasteiger partial charge >= 0.3 is 0 Å². The van der Waals surface area contributed by atoms with Crippen molar-refractivity contribution in [2.45, 2.75) is 32.7 Å². The highest BCUT2D eigenvalue weighted by Gasteiger charge is 2.12. The Bertz CT molecular complexity index is 552. The van der Waals surface area contributed by atoms with Crippen LogP contribution in [0.25, 0.3) is 0 Å². The lowest BCUT2D eigenvalue weighted by Crippen LogP contribution is -2.11. The van der Waals surface area contributed by atoms with Crippen LogP contribution in [-0.4, -0.2) is 7.11 Å². The van der Waals surface area contributed by atoms with E-state index in [1.165, 1.54) is 11.1 Å². The fraction of sp³-hybridized carbons (Fsp3) is 0.333. The summed E-state index contributed by atoms with van der Waals surface area (Å²) in [5.41, 5.74) is 3.85. The largest absolute Gasteiger partial charge is 0.495 e. The molecule has 1 N–H and O–H groups in total. The van der Waals surface area contributed by atoms with Gasteiger partial charge in [-0.1, -0.05) is 57.2 Å². The standard InChI is InChI=1S/C18H23NO/c1-18(2,3)15-11-9-14(10-12-15)13-19-16-7-5-6-8-17(16)20-4/h5-12,19H,13H2,1-4H3. The van der Waals surface area contributed by atoms with E-state index in [4.69, 9.17) is 4.74 Å². The molecule has 0 unspecified atom stereocenters. The van der Waals surface area contributed by atoms with Crippen molar-refractivity contribution in [3.63, 3.8) is 0 Å². The molecule has 0 bridgehead atoms. The second-order valence-electron chi connectivity index (χ2n) is 6.00. The van der Waals surface area contributed by atoms with Crippen LogP contribution in [0.3, 0.4) is 0 Å². The van der Waals surface area contributed by atoms with E-state index in [9.17, 15) is 0 Å². The molecular weight excluding hydrogens is 246 g/mol. The summed E-state index contributed by atoms with van der Waals surface area (Å²) in [5, 5.41) is 3.41. The predicted molar refractivity (Wildman–Crippen MR) is 85.5 cm³/mol. The van der Waals surface area contributed by atoms with Gasteiger partial charge in [-0.2, -0.15) is 0 Å². The van der Waals surface area contributed by atoms with Crippen molar-refractivity contribution in [2.75, 3.05) is 12.4 Å². The topological polar surface area (TPSA) is 21.3 Å². The maximum Gasteiger partial charge on any atom is 0.141 e. The molecule has 2 heteroatoms. The van der Waals surface area contributed by atoms with Crippen LogP contribution < -0.4 is 10.1 Å². The monoisotopic (exact) mass is 269 g/mol. The summed E-state index contributed by atoms with van der Waals surface area (Å²) in [6.45, 7) is 7.49. The molecule has 0 atom stereocenters. The van der Waals surface area contributed by atoms with Crippen molar-refractivity contribution in [2.24, 2.45) is 0 Å². The van der Waals surface area contributed by atoms with Crippen LogP contribution in [0.5, 0.6) is 5.75 Å². The van der Waals surface area contributed by atoms with Gasteiger partial charge in [0.15, 0.2) is 0 Å². The molecule has 0 aliphatic rings. The maximum absolute atomic E-state index is 5.34. The minimum atomic E-state index is 0.203. The van der Waals surface area contributed by atoms with Gasteiger partial charge in [-0.25, -0.2) is 0 Å². The lowest BCUT2D eigenvalue weighted by atomic mass is 9.87. The molecule has 0 aliphatic heterocycles. The Morgan fingerprint density at radius 1 is 0.950 bits per heavy atom. The maximum atomic E-state index is 5.34. The number of hydrogen-bond acceptors (Lipinski definition) is 2. The van der Waals surface area contributed by atoms with Crippen LogP contribution in [0.15, 0.2) is 48.5 Å². The van der Waals surface area contributed by atoms with Crippen molar-refractivity contribution in [3.05, 3.63) is 59.7 Å². The molecule has 0 spiro atoms. The number of para-hydroxylation sites is 2. The first kappa shape index (κ1) is 14.4. The van der Waals surface area contributed by atoms with Crippen LogP contribution in [0.2, 0.25) is 0 Å². The summed E-state index contributed by atoms with van der Waals surface area (Å²) in [5.74, 6) is 0.874. The molecule has 2 nitrogen and oxygen atoms in total. The summed E-state index contributed by atoms with van der Waals surface area (Å²) in [6.07, 6.45) is 0. The number of methoxy groups -OCH3 is 1. The van der Waals surface area contributed by atoms with Crippen molar-refractivity contribution < 1.29 is 4.74 Å². The average Bonchev–Trinajstić information content (AvgIpc) is 2.45. The third kappa shape index (κ3) is 3.53. The molecule has 0 aliphatic carbocycles. The highest BCUT2D eigenvalue weighted by Crippen LogP contribution is 2.25. The zero-order valence-electron chi connectivity index (χ0n) is 12.7. The first-order valence-electron chi connectivity index (χ1n) is 6.97. The van der Waals surface area contributed by atoms with Gasteiger partial charge < -0.3 is 10.1 Å². The molecule has 2 aromatic rings. The molecule has 2 aromatic carbocycles. The van der Waals surface area contributed by atoms with Crippen molar-refractivity contribution in [1.82, 2.24) is 0 Å². The molecule has 0 saturated carbocycles. The minimum absolute atomic E-state index is 0.203. The number of nitrogens with one attached hydrogen (secondary N) is 1. The van der Waals surface area contributed by atoms with Crippen LogP contribution in [0.1, 0.15) is 31.9 Å². The fourth-order valence-electron chi connectivity index (χ4n) is 2.11. The smallest absolute Gasteiger partial charge is 0.141 e. The summed E-state index contributed by atoms with van der Waals surface area (Å²) >= 11 is 0. The van der Waals surface area contributed by atoms with Crippen molar-refractivity contribution >= 4 is 5.69 Å². The quantitative estimate of drug-likeness (QED) is 0.875. The van der Waals surface area contributed by atoms with Crippen LogP contribution in [-0.2, 0) is 12.0 Å². The number of ether oxygens (including phenoxy) is 1. The zero-order chi connectivity index (χ0) is 14.6. The van der Waals surface area contributed by atoms with Gasteiger partial charge in [0, 0.05) is 6.54 Å². The Balaban J connectivity index is 2.04.